The summed E-state index contributed by atoms with van der Waals surface area (Å²) in [6.07, 6.45) is -1.39. The van der Waals surface area contributed by atoms with E-state index in [2.05, 4.69) is 4.74 Å². The zero-order valence-electron chi connectivity index (χ0n) is 11.9. The Morgan fingerprint density at radius 2 is 1.90 bits per heavy atom. The molecule has 116 valence electrons. The van der Waals surface area contributed by atoms with Gasteiger partial charge in [0.1, 0.15) is 0 Å². The molecule has 1 rings (SSSR count). The highest BCUT2D eigenvalue weighted by Gasteiger charge is 2.34. The number of esters is 1. The van der Waals surface area contributed by atoms with E-state index >= 15 is 0 Å². The average molecular weight is 299 g/mol. The molecule has 8 heteroatoms. The van der Waals surface area contributed by atoms with Gasteiger partial charge in [-0.2, -0.15) is 0 Å². The van der Waals surface area contributed by atoms with Crippen LogP contribution in [-0.4, -0.2) is 43.9 Å². The molecule has 2 unspecified atom stereocenters. The van der Waals surface area contributed by atoms with E-state index in [-0.39, 0.29) is 0 Å². The van der Waals surface area contributed by atoms with Crippen molar-refractivity contribution in [2.75, 3.05) is 27.9 Å². The zero-order chi connectivity index (χ0) is 16.0. The second kappa shape index (κ2) is 7.44. The molecule has 1 aromatic carbocycles. The summed E-state index contributed by atoms with van der Waals surface area (Å²) in [5, 5.41) is 20.8. The standard InChI is InChI=1S/C13H17NO7/c1-19-10-5-4-8(6-11(10)20-2)12(15)9(7-14(17)18)13(16)21-3/h4-6,9,12,15H,7H2,1-3H3. The van der Waals surface area contributed by atoms with Crippen LogP contribution in [0.5, 0.6) is 11.5 Å². The molecule has 0 heterocycles. The number of nitro groups is 1. The lowest BCUT2D eigenvalue weighted by atomic mass is 9.95. The van der Waals surface area contributed by atoms with E-state index in [4.69, 9.17) is 9.47 Å². The number of carbonyl (C=O) groups is 1. The number of aliphatic hydroxyl groups is 1. The van der Waals surface area contributed by atoms with Gasteiger partial charge >= 0.3 is 5.97 Å². The lowest BCUT2D eigenvalue weighted by molar-refractivity contribution is -0.488. The van der Waals surface area contributed by atoms with Crippen molar-refractivity contribution in [3.63, 3.8) is 0 Å². The van der Waals surface area contributed by atoms with Crippen molar-refractivity contribution >= 4 is 5.97 Å². The normalized spacial score (nSPS) is 13.1. The van der Waals surface area contributed by atoms with Gasteiger partial charge in [0, 0.05) is 4.92 Å². The van der Waals surface area contributed by atoms with Crippen LogP contribution in [0.4, 0.5) is 0 Å². The van der Waals surface area contributed by atoms with Gasteiger partial charge in [0.25, 0.3) is 0 Å². The number of rotatable bonds is 7. The van der Waals surface area contributed by atoms with Crippen molar-refractivity contribution in [2.45, 2.75) is 6.10 Å². The maximum atomic E-state index is 11.6. The van der Waals surface area contributed by atoms with Crippen LogP contribution in [0.1, 0.15) is 11.7 Å². The third-order valence-electron chi connectivity index (χ3n) is 2.98. The largest absolute Gasteiger partial charge is 0.493 e. The number of nitrogens with zero attached hydrogens (tertiary/aromatic N) is 1. The predicted molar refractivity (Wildman–Crippen MR) is 71.9 cm³/mol. The highest BCUT2D eigenvalue weighted by atomic mass is 16.6. The first kappa shape index (κ1) is 16.7. The van der Waals surface area contributed by atoms with Gasteiger partial charge < -0.3 is 19.3 Å². The molecule has 0 aliphatic rings. The lowest BCUT2D eigenvalue weighted by Gasteiger charge is -2.19. The Morgan fingerprint density at radius 1 is 1.29 bits per heavy atom. The summed E-state index contributed by atoms with van der Waals surface area (Å²) >= 11 is 0. The van der Waals surface area contributed by atoms with Crippen molar-refractivity contribution in [1.82, 2.24) is 0 Å². The van der Waals surface area contributed by atoms with Crippen LogP contribution in [0.2, 0.25) is 0 Å². The Bertz CT molecular complexity index is 517. The molecule has 21 heavy (non-hydrogen) atoms. The van der Waals surface area contributed by atoms with Gasteiger partial charge in [-0.3, -0.25) is 14.9 Å². The molecule has 0 spiro atoms. The SMILES string of the molecule is COC(=O)C(C[N+](=O)[O-])C(O)c1ccc(OC)c(OC)c1. The average Bonchev–Trinajstić information content (AvgIpc) is 2.50. The Morgan fingerprint density at radius 3 is 2.38 bits per heavy atom. The van der Waals surface area contributed by atoms with Crippen molar-refractivity contribution in [3.05, 3.63) is 33.9 Å². The molecular weight excluding hydrogens is 282 g/mol. The van der Waals surface area contributed by atoms with Crippen molar-refractivity contribution in [2.24, 2.45) is 5.92 Å². The van der Waals surface area contributed by atoms with Crippen LogP contribution < -0.4 is 9.47 Å². The van der Waals surface area contributed by atoms with Crippen molar-refractivity contribution < 1.29 is 29.0 Å². The summed E-state index contributed by atoms with van der Waals surface area (Å²) in [6.45, 7) is -0.734. The zero-order valence-corrected chi connectivity index (χ0v) is 11.9. The molecule has 0 amide bonds. The minimum Gasteiger partial charge on any atom is -0.493 e. The first-order valence-electron chi connectivity index (χ1n) is 6.04. The molecular formula is C13H17NO7. The topological polar surface area (TPSA) is 108 Å². The molecule has 8 nitrogen and oxygen atoms in total. The van der Waals surface area contributed by atoms with Crippen LogP contribution in [0.15, 0.2) is 18.2 Å². The molecule has 0 bridgehead atoms. The summed E-state index contributed by atoms with van der Waals surface area (Å²) in [5.41, 5.74) is 0.296. The fraction of sp³-hybridized carbons (Fsp3) is 0.462. The summed E-state index contributed by atoms with van der Waals surface area (Å²) in [6, 6.07) is 4.50. The number of hydrogen-bond donors (Lipinski definition) is 1. The maximum Gasteiger partial charge on any atom is 0.318 e. The van der Waals surface area contributed by atoms with E-state index < -0.39 is 29.5 Å². The molecule has 2 atom stereocenters. The van der Waals surface area contributed by atoms with Gasteiger partial charge in [0.15, 0.2) is 17.4 Å². The summed E-state index contributed by atoms with van der Waals surface area (Å²) in [4.78, 5) is 21.6. The smallest absolute Gasteiger partial charge is 0.318 e. The van der Waals surface area contributed by atoms with Gasteiger partial charge in [-0.15, -0.1) is 0 Å². The van der Waals surface area contributed by atoms with E-state index in [1.165, 1.54) is 32.4 Å². The summed E-state index contributed by atoms with van der Waals surface area (Å²) in [5.74, 6) is -1.37. The summed E-state index contributed by atoms with van der Waals surface area (Å²) < 4.78 is 14.6. The third kappa shape index (κ3) is 4.06. The number of ether oxygens (including phenoxy) is 3. The van der Waals surface area contributed by atoms with Crippen LogP contribution in [0.25, 0.3) is 0 Å². The fourth-order valence-corrected chi connectivity index (χ4v) is 1.88. The molecule has 0 saturated carbocycles. The van der Waals surface area contributed by atoms with Crippen molar-refractivity contribution in [1.29, 1.82) is 0 Å². The second-order valence-electron chi connectivity index (χ2n) is 4.20. The van der Waals surface area contributed by atoms with Crippen molar-refractivity contribution in [3.8, 4) is 11.5 Å². The maximum absolute atomic E-state index is 11.6. The van der Waals surface area contributed by atoms with E-state index in [1.807, 2.05) is 0 Å². The Balaban J connectivity index is 3.10. The number of benzene rings is 1. The first-order valence-corrected chi connectivity index (χ1v) is 6.04. The summed E-state index contributed by atoms with van der Waals surface area (Å²) in [7, 11) is 3.98. The molecule has 0 saturated heterocycles. The Kier molecular flexibility index (Phi) is 5.92. The molecule has 1 N–H and O–H groups in total. The Hall–Kier alpha value is -2.35. The van der Waals surface area contributed by atoms with Gasteiger partial charge in [-0.05, 0) is 17.7 Å². The number of methoxy groups -OCH3 is 3. The molecule has 0 aromatic heterocycles. The van der Waals surface area contributed by atoms with E-state index in [0.717, 1.165) is 7.11 Å². The quantitative estimate of drug-likeness (QED) is 0.450. The molecule has 0 aliphatic carbocycles. The number of carbonyl (C=O) groups excluding carboxylic acids is 1. The van der Waals surface area contributed by atoms with Gasteiger partial charge in [-0.25, -0.2) is 0 Å². The minimum absolute atomic E-state index is 0.296. The van der Waals surface area contributed by atoms with Gasteiger partial charge in [0.05, 0.1) is 27.4 Å². The number of hydrogen-bond acceptors (Lipinski definition) is 7. The van der Waals surface area contributed by atoms with Gasteiger partial charge in [-0.1, -0.05) is 6.07 Å². The highest BCUT2D eigenvalue weighted by molar-refractivity contribution is 5.73. The van der Waals surface area contributed by atoms with E-state index in [1.54, 1.807) is 0 Å². The highest BCUT2D eigenvalue weighted by Crippen LogP contribution is 2.32. The van der Waals surface area contributed by atoms with Crippen LogP contribution in [0.3, 0.4) is 0 Å². The Labute approximate surface area is 121 Å². The minimum atomic E-state index is -1.39. The van der Waals surface area contributed by atoms with Crippen LogP contribution in [-0.2, 0) is 9.53 Å². The predicted octanol–water partition coefficient (Wildman–Crippen LogP) is 0.803. The first-order chi connectivity index (χ1) is 9.94. The van der Waals surface area contributed by atoms with Crippen LogP contribution in [0, 0.1) is 16.0 Å². The molecule has 1 aromatic rings. The molecule has 0 fully saturated rings. The second-order valence-corrected chi connectivity index (χ2v) is 4.20. The van der Waals surface area contributed by atoms with E-state index in [9.17, 15) is 20.0 Å². The molecule has 0 radical (unpaired) electrons. The number of aliphatic hydroxyl groups excluding tert-OH is 1. The third-order valence-corrected chi connectivity index (χ3v) is 2.98. The lowest BCUT2D eigenvalue weighted by Crippen LogP contribution is -2.30. The fourth-order valence-electron chi connectivity index (χ4n) is 1.88. The molecule has 0 aliphatic heterocycles. The monoisotopic (exact) mass is 299 g/mol. The van der Waals surface area contributed by atoms with Gasteiger partial charge in [0.2, 0.25) is 6.54 Å². The van der Waals surface area contributed by atoms with Crippen LogP contribution >= 0.6 is 0 Å². The van der Waals surface area contributed by atoms with E-state index in [0.29, 0.717) is 17.1 Å².